The molecule has 106 valence electrons. The molecule has 0 unspecified atom stereocenters. The van der Waals surface area contributed by atoms with E-state index in [2.05, 4.69) is 15.3 Å². The quantitative estimate of drug-likeness (QED) is 0.904. The van der Waals surface area contributed by atoms with E-state index in [1.807, 2.05) is 0 Å². The number of nitrogens with zero attached hydrogens (tertiary/aromatic N) is 2. The smallest absolute Gasteiger partial charge is 0.350 e. The minimum absolute atomic E-state index is 0.206. The Kier molecular flexibility index (Phi) is 4.19. The first kappa shape index (κ1) is 14.3. The average Bonchev–Trinajstić information content (AvgIpc) is 2.45. The molecule has 1 aromatic heterocycles. The molecule has 0 aliphatic rings. The fourth-order valence-electron chi connectivity index (χ4n) is 1.63. The Morgan fingerprint density at radius 1 is 1.20 bits per heavy atom. The summed E-state index contributed by atoms with van der Waals surface area (Å²) < 4.78 is 37.7. The molecule has 2 aromatic rings. The summed E-state index contributed by atoms with van der Waals surface area (Å²) >= 11 is 0. The van der Waals surface area contributed by atoms with Crippen molar-refractivity contribution in [3.05, 3.63) is 53.3 Å². The van der Waals surface area contributed by atoms with E-state index in [-0.39, 0.29) is 13.1 Å². The number of nitrogens with one attached hydrogen (secondary N) is 1. The molecule has 0 aliphatic carbocycles. The van der Waals surface area contributed by atoms with E-state index in [0.29, 0.717) is 17.2 Å². The van der Waals surface area contributed by atoms with Crippen LogP contribution in [0.3, 0.4) is 0 Å². The fraction of sp³-hybridized carbons (Fsp3) is 0.231. The van der Waals surface area contributed by atoms with E-state index in [1.54, 1.807) is 18.3 Å². The van der Waals surface area contributed by atoms with Gasteiger partial charge in [-0.25, -0.2) is 9.97 Å². The van der Waals surface area contributed by atoms with Crippen LogP contribution in [0.15, 0.2) is 36.5 Å². The molecule has 2 rings (SSSR count). The number of benzene rings is 1. The zero-order valence-corrected chi connectivity index (χ0v) is 10.5. The number of rotatable bonds is 4. The summed E-state index contributed by atoms with van der Waals surface area (Å²) in [6.07, 6.45) is -2.80. The molecule has 1 aromatic carbocycles. The lowest BCUT2D eigenvalue weighted by Crippen LogP contribution is -2.09. The molecular formula is C13H13F3N4. The van der Waals surface area contributed by atoms with Gasteiger partial charge in [0.05, 0.1) is 11.3 Å². The first-order valence-electron chi connectivity index (χ1n) is 5.91. The number of halogens is 3. The number of nitrogens with two attached hydrogens (primary N) is 1. The van der Waals surface area contributed by atoms with E-state index in [9.17, 15) is 13.2 Å². The summed E-state index contributed by atoms with van der Waals surface area (Å²) in [5.41, 5.74) is 5.94. The van der Waals surface area contributed by atoms with Crippen LogP contribution in [0, 0.1) is 0 Å². The van der Waals surface area contributed by atoms with Crippen LogP contribution in [0.1, 0.15) is 16.8 Å². The third kappa shape index (κ3) is 3.67. The van der Waals surface area contributed by atoms with Crippen LogP contribution in [-0.4, -0.2) is 9.97 Å². The zero-order valence-electron chi connectivity index (χ0n) is 10.5. The van der Waals surface area contributed by atoms with Gasteiger partial charge in [0.1, 0.15) is 0 Å². The van der Waals surface area contributed by atoms with Crippen molar-refractivity contribution in [1.82, 2.24) is 9.97 Å². The fourth-order valence-corrected chi connectivity index (χ4v) is 1.63. The number of hydrogen-bond donors (Lipinski definition) is 2. The normalized spacial score (nSPS) is 11.4. The van der Waals surface area contributed by atoms with Gasteiger partial charge in [-0.1, -0.05) is 12.1 Å². The van der Waals surface area contributed by atoms with Crippen molar-refractivity contribution >= 4 is 5.95 Å². The molecule has 0 radical (unpaired) electrons. The standard InChI is InChI=1S/C13H13F3N4/c14-13(15,16)10-3-1-2-9(6-10)8-19-12-18-5-4-11(7-17)20-12/h1-6H,7-8,17H2,(H,18,19,20). The van der Waals surface area contributed by atoms with Gasteiger partial charge in [-0.2, -0.15) is 13.2 Å². The highest BCUT2D eigenvalue weighted by Crippen LogP contribution is 2.29. The molecule has 3 N–H and O–H groups in total. The van der Waals surface area contributed by atoms with Gasteiger partial charge in [0.2, 0.25) is 5.95 Å². The van der Waals surface area contributed by atoms with Crippen LogP contribution >= 0.6 is 0 Å². The Bertz CT molecular complexity index is 584. The van der Waals surface area contributed by atoms with Gasteiger partial charge in [-0.3, -0.25) is 0 Å². The highest BCUT2D eigenvalue weighted by molar-refractivity contribution is 5.31. The Hall–Kier alpha value is -2.15. The van der Waals surface area contributed by atoms with Gasteiger partial charge in [0, 0.05) is 19.3 Å². The summed E-state index contributed by atoms with van der Waals surface area (Å²) in [7, 11) is 0. The molecule has 0 saturated carbocycles. The SMILES string of the molecule is NCc1ccnc(NCc2cccc(C(F)(F)F)c2)n1. The van der Waals surface area contributed by atoms with E-state index in [4.69, 9.17) is 5.73 Å². The van der Waals surface area contributed by atoms with Crippen molar-refractivity contribution in [2.24, 2.45) is 5.73 Å². The molecular weight excluding hydrogens is 269 g/mol. The third-order valence-corrected chi connectivity index (χ3v) is 2.63. The number of hydrogen-bond acceptors (Lipinski definition) is 4. The Balaban J connectivity index is 2.07. The topological polar surface area (TPSA) is 63.8 Å². The maximum Gasteiger partial charge on any atom is 0.416 e. The molecule has 0 bridgehead atoms. The number of alkyl halides is 3. The second kappa shape index (κ2) is 5.87. The lowest BCUT2D eigenvalue weighted by Gasteiger charge is -2.09. The van der Waals surface area contributed by atoms with Crippen molar-refractivity contribution in [3.8, 4) is 0 Å². The lowest BCUT2D eigenvalue weighted by molar-refractivity contribution is -0.137. The van der Waals surface area contributed by atoms with Gasteiger partial charge in [0.25, 0.3) is 0 Å². The maximum absolute atomic E-state index is 12.6. The van der Waals surface area contributed by atoms with Crippen molar-refractivity contribution < 1.29 is 13.2 Å². The molecule has 0 amide bonds. The predicted molar refractivity (Wildman–Crippen MR) is 68.7 cm³/mol. The molecule has 20 heavy (non-hydrogen) atoms. The second-order valence-electron chi connectivity index (χ2n) is 4.13. The molecule has 0 aliphatic heterocycles. The highest BCUT2D eigenvalue weighted by Gasteiger charge is 2.30. The number of anilines is 1. The molecule has 7 heteroatoms. The maximum atomic E-state index is 12.6. The summed E-state index contributed by atoms with van der Waals surface area (Å²) in [4.78, 5) is 8.08. The molecule has 0 fully saturated rings. The van der Waals surface area contributed by atoms with Crippen LogP contribution in [0.2, 0.25) is 0 Å². The Labute approximate surface area is 113 Å². The molecule has 0 saturated heterocycles. The largest absolute Gasteiger partial charge is 0.416 e. The summed E-state index contributed by atoms with van der Waals surface area (Å²) in [6.45, 7) is 0.485. The monoisotopic (exact) mass is 282 g/mol. The molecule has 0 atom stereocenters. The first-order chi connectivity index (χ1) is 9.49. The van der Waals surface area contributed by atoms with Crippen molar-refractivity contribution in [2.45, 2.75) is 19.3 Å². The molecule has 1 heterocycles. The lowest BCUT2D eigenvalue weighted by atomic mass is 10.1. The average molecular weight is 282 g/mol. The summed E-state index contributed by atoms with van der Waals surface area (Å²) in [5.74, 6) is 0.338. The number of aromatic nitrogens is 2. The highest BCUT2D eigenvalue weighted by atomic mass is 19.4. The third-order valence-electron chi connectivity index (χ3n) is 2.63. The Morgan fingerprint density at radius 3 is 2.70 bits per heavy atom. The van der Waals surface area contributed by atoms with E-state index >= 15 is 0 Å². The van der Waals surface area contributed by atoms with Crippen LogP contribution in [0.4, 0.5) is 19.1 Å². The van der Waals surface area contributed by atoms with E-state index < -0.39 is 11.7 Å². The van der Waals surface area contributed by atoms with Gasteiger partial charge >= 0.3 is 6.18 Å². The van der Waals surface area contributed by atoms with Gasteiger partial charge < -0.3 is 11.1 Å². The zero-order chi connectivity index (χ0) is 14.6. The van der Waals surface area contributed by atoms with E-state index in [0.717, 1.165) is 12.1 Å². The van der Waals surface area contributed by atoms with Crippen molar-refractivity contribution in [1.29, 1.82) is 0 Å². The van der Waals surface area contributed by atoms with E-state index in [1.165, 1.54) is 6.07 Å². The molecule has 0 spiro atoms. The summed E-state index contributed by atoms with van der Waals surface area (Å²) in [5, 5.41) is 2.87. The van der Waals surface area contributed by atoms with Crippen LogP contribution < -0.4 is 11.1 Å². The van der Waals surface area contributed by atoms with Crippen LogP contribution in [-0.2, 0) is 19.3 Å². The van der Waals surface area contributed by atoms with Crippen LogP contribution in [0.5, 0.6) is 0 Å². The second-order valence-corrected chi connectivity index (χ2v) is 4.13. The van der Waals surface area contributed by atoms with Crippen molar-refractivity contribution in [3.63, 3.8) is 0 Å². The van der Waals surface area contributed by atoms with Gasteiger partial charge in [-0.15, -0.1) is 0 Å². The minimum atomic E-state index is -4.34. The van der Waals surface area contributed by atoms with Crippen molar-refractivity contribution in [2.75, 3.05) is 5.32 Å². The Morgan fingerprint density at radius 2 is 2.00 bits per heavy atom. The molecule has 4 nitrogen and oxygen atoms in total. The first-order valence-corrected chi connectivity index (χ1v) is 5.91. The summed E-state index contributed by atoms with van der Waals surface area (Å²) in [6, 6.07) is 6.79. The van der Waals surface area contributed by atoms with Gasteiger partial charge in [0.15, 0.2) is 0 Å². The minimum Gasteiger partial charge on any atom is -0.350 e. The predicted octanol–water partition coefficient (Wildman–Crippen LogP) is 2.57. The van der Waals surface area contributed by atoms with Crippen LogP contribution in [0.25, 0.3) is 0 Å². The van der Waals surface area contributed by atoms with Gasteiger partial charge in [-0.05, 0) is 23.8 Å².